The summed E-state index contributed by atoms with van der Waals surface area (Å²) in [4.78, 5) is 0. The number of nitriles is 1. The van der Waals surface area contributed by atoms with Crippen LogP contribution < -0.4 is 0 Å². The van der Waals surface area contributed by atoms with Crippen molar-refractivity contribution in [2.45, 2.75) is 64.1 Å². The molecule has 0 aromatic carbocycles. The highest BCUT2D eigenvalue weighted by Crippen LogP contribution is 2.42. The third-order valence-electron chi connectivity index (χ3n) is 5.16. The quantitative estimate of drug-likeness (QED) is 0.819. The van der Waals surface area contributed by atoms with Crippen molar-refractivity contribution in [1.29, 1.82) is 5.26 Å². The average Bonchev–Trinajstić information content (AvgIpc) is 2.38. The summed E-state index contributed by atoms with van der Waals surface area (Å²) in [7, 11) is 0. The molecule has 2 aliphatic carbocycles. The Balaban J connectivity index is 1.90. The fraction of sp³-hybridized carbons (Fsp3) is 0.933. The molecule has 0 amide bonds. The zero-order valence-corrected chi connectivity index (χ0v) is 11.2. The van der Waals surface area contributed by atoms with Gasteiger partial charge in [0.2, 0.25) is 0 Å². The molecule has 2 fully saturated rings. The first-order valence-corrected chi connectivity index (χ1v) is 7.37. The van der Waals surface area contributed by atoms with Crippen LogP contribution >= 0.6 is 0 Å². The Morgan fingerprint density at radius 2 is 1.83 bits per heavy atom. The van der Waals surface area contributed by atoms with Crippen LogP contribution in [0.2, 0.25) is 0 Å². The van der Waals surface area contributed by atoms with E-state index in [1.54, 1.807) is 0 Å². The van der Waals surface area contributed by atoms with Crippen LogP contribution in [-0.4, -0.2) is 17.4 Å². The van der Waals surface area contributed by atoms with Gasteiger partial charge in [-0.2, -0.15) is 5.26 Å². The molecule has 2 aliphatic rings. The van der Waals surface area contributed by atoms with Gasteiger partial charge >= 0.3 is 0 Å². The summed E-state index contributed by atoms with van der Waals surface area (Å²) in [6.07, 6.45) is 5.35. The van der Waals surface area contributed by atoms with Gasteiger partial charge in [-0.25, -0.2) is 4.39 Å². The molecule has 0 bridgehead atoms. The van der Waals surface area contributed by atoms with Gasteiger partial charge in [-0.05, 0) is 43.4 Å². The van der Waals surface area contributed by atoms with Crippen LogP contribution in [0.5, 0.6) is 0 Å². The summed E-state index contributed by atoms with van der Waals surface area (Å²) < 4.78 is 13.9. The van der Waals surface area contributed by atoms with E-state index in [1.165, 1.54) is 32.1 Å². The first kappa shape index (κ1) is 13.8. The van der Waals surface area contributed by atoms with Gasteiger partial charge in [0.25, 0.3) is 0 Å². The monoisotopic (exact) mass is 253 g/mol. The molecule has 2 rings (SSSR count). The van der Waals surface area contributed by atoms with Crippen molar-refractivity contribution in [3.8, 4) is 6.07 Å². The molecule has 4 atom stereocenters. The fourth-order valence-corrected chi connectivity index (χ4v) is 3.85. The highest BCUT2D eigenvalue weighted by atomic mass is 19.1. The normalized spacial score (nSPS) is 45.4. The standard InChI is InChI=1S/C15H24FNO/c1-2-10-3-5-11(6-4-10)12-7-14(16)13(9-17)15(18)8-12/h10-15,18H,2-8H2,1H3. The lowest BCUT2D eigenvalue weighted by Crippen LogP contribution is -2.40. The van der Waals surface area contributed by atoms with E-state index in [0.717, 1.165) is 5.92 Å². The molecule has 0 saturated heterocycles. The van der Waals surface area contributed by atoms with Gasteiger partial charge in [-0.1, -0.05) is 26.2 Å². The topological polar surface area (TPSA) is 44.0 Å². The molecule has 0 aliphatic heterocycles. The number of rotatable bonds is 2. The van der Waals surface area contributed by atoms with E-state index < -0.39 is 18.2 Å². The summed E-state index contributed by atoms with van der Waals surface area (Å²) in [6, 6.07) is 1.92. The molecule has 2 saturated carbocycles. The lowest BCUT2D eigenvalue weighted by molar-refractivity contribution is -0.00596. The highest BCUT2D eigenvalue weighted by Gasteiger charge is 2.40. The average molecular weight is 253 g/mol. The summed E-state index contributed by atoms with van der Waals surface area (Å²) in [5.41, 5.74) is 0. The maximum Gasteiger partial charge on any atom is 0.119 e. The Labute approximate surface area is 109 Å². The first-order valence-electron chi connectivity index (χ1n) is 7.37. The number of nitrogens with zero attached hydrogens (tertiary/aromatic N) is 1. The predicted molar refractivity (Wildman–Crippen MR) is 68.5 cm³/mol. The van der Waals surface area contributed by atoms with Crippen molar-refractivity contribution in [1.82, 2.24) is 0 Å². The summed E-state index contributed by atoms with van der Waals surface area (Å²) in [6.45, 7) is 2.24. The van der Waals surface area contributed by atoms with Crippen LogP contribution in [0.25, 0.3) is 0 Å². The number of aliphatic hydroxyl groups excluding tert-OH is 1. The number of hydrogen-bond donors (Lipinski definition) is 1. The zero-order chi connectivity index (χ0) is 13.1. The van der Waals surface area contributed by atoms with Crippen molar-refractivity contribution in [3.05, 3.63) is 0 Å². The third-order valence-corrected chi connectivity index (χ3v) is 5.16. The van der Waals surface area contributed by atoms with Gasteiger partial charge in [-0.3, -0.25) is 0 Å². The molecule has 2 nitrogen and oxygen atoms in total. The van der Waals surface area contributed by atoms with Crippen molar-refractivity contribution < 1.29 is 9.50 Å². The third kappa shape index (κ3) is 2.85. The largest absolute Gasteiger partial charge is 0.392 e. The van der Waals surface area contributed by atoms with Crippen LogP contribution in [0.1, 0.15) is 51.9 Å². The number of hydrogen-bond acceptors (Lipinski definition) is 2. The second-order valence-corrected chi connectivity index (χ2v) is 6.16. The van der Waals surface area contributed by atoms with Crippen LogP contribution in [0.15, 0.2) is 0 Å². The smallest absolute Gasteiger partial charge is 0.119 e. The van der Waals surface area contributed by atoms with Gasteiger partial charge in [0.15, 0.2) is 0 Å². The Bertz CT molecular complexity index is 294. The number of halogens is 1. The summed E-state index contributed by atoms with van der Waals surface area (Å²) in [5, 5.41) is 18.7. The molecule has 3 heteroatoms. The second kappa shape index (κ2) is 6.02. The van der Waals surface area contributed by atoms with E-state index in [1.807, 2.05) is 6.07 Å². The van der Waals surface area contributed by atoms with Crippen LogP contribution in [0, 0.1) is 35.0 Å². The van der Waals surface area contributed by atoms with E-state index in [0.29, 0.717) is 18.8 Å². The van der Waals surface area contributed by atoms with Crippen molar-refractivity contribution in [3.63, 3.8) is 0 Å². The van der Waals surface area contributed by atoms with Crippen molar-refractivity contribution in [2.24, 2.45) is 23.7 Å². The summed E-state index contributed by atoms with van der Waals surface area (Å²) in [5.74, 6) is 0.911. The number of aliphatic hydroxyl groups is 1. The minimum absolute atomic E-state index is 0.289. The fourth-order valence-electron chi connectivity index (χ4n) is 3.85. The maximum atomic E-state index is 13.9. The Hall–Kier alpha value is -0.620. The molecule has 0 radical (unpaired) electrons. The lowest BCUT2D eigenvalue weighted by atomic mass is 9.68. The van der Waals surface area contributed by atoms with Crippen LogP contribution in [0.4, 0.5) is 4.39 Å². The molecule has 102 valence electrons. The molecular weight excluding hydrogens is 229 g/mol. The SMILES string of the molecule is CCC1CCC(C2CC(O)C(C#N)C(F)C2)CC1. The van der Waals surface area contributed by atoms with Crippen LogP contribution in [-0.2, 0) is 0 Å². The first-order chi connectivity index (χ1) is 8.65. The molecular formula is C15H24FNO. The molecule has 0 aromatic rings. The Morgan fingerprint density at radius 3 is 2.33 bits per heavy atom. The molecule has 0 spiro atoms. The van der Waals surface area contributed by atoms with Gasteiger partial charge in [-0.15, -0.1) is 0 Å². The van der Waals surface area contributed by atoms with E-state index in [9.17, 15) is 9.50 Å². The molecule has 0 heterocycles. The van der Waals surface area contributed by atoms with Gasteiger partial charge in [0, 0.05) is 0 Å². The second-order valence-electron chi connectivity index (χ2n) is 6.16. The van der Waals surface area contributed by atoms with Gasteiger partial charge in [0.1, 0.15) is 12.1 Å². The van der Waals surface area contributed by atoms with Crippen LogP contribution in [0.3, 0.4) is 0 Å². The lowest BCUT2D eigenvalue weighted by Gasteiger charge is -2.39. The molecule has 18 heavy (non-hydrogen) atoms. The van der Waals surface area contributed by atoms with Gasteiger partial charge < -0.3 is 5.11 Å². The van der Waals surface area contributed by atoms with E-state index in [-0.39, 0.29) is 5.92 Å². The maximum absolute atomic E-state index is 13.9. The van der Waals surface area contributed by atoms with Crippen molar-refractivity contribution >= 4 is 0 Å². The minimum Gasteiger partial charge on any atom is -0.392 e. The van der Waals surface area contributed by atoms with E-state index in [4.69, 9.17) is 5.26 Å². The van der Waals surface area contributed by atoms with E-state index in [2.05, 4.69) is 6.92 Å². The predicted octanol–water partition coefficient (Wildman–Crippen LogP) is 3.45. The molecule has 4 unspecified atom stereocenters. The molecule has 1 N–H and O–H groups in total. The molecule has 0 aromatic heterocycles. The Kier molecular flexibility index (Phi) is 4.61. The highest BCUT2D eigenvalue weighted by molar-refractivity contribution is 4.99. The Morgan fingerprint density at radius 1 is 1.17 bits per heavy atom. The van der Waals surface area contributed by atoms with E-state index >= 15 is 0 Å². The zero-order valence-electron chi connectivity index (χ0n) is 11.2. The van der Waals surface area contributed by atoms with Crippen molar-refractivity contribution in [2.75, 3.05) is 0 Å². The summed E-state index contributed by atoms with van der Waals surface area (Å²) >= 11 is 0. The van der Waals surface area contributed by atoms with Gasteiger partial charge in [0.05, 0.1) is 12.2 Å². The number of alkyl halides is 1. The minimum atomic E-state index is -1.13.